The van der Waals surface area contributed by atoms with Gasteiger partial charge in [-0.1, -0.05) is 0 Å². The molecule has 3 N–H and O–H groups in total. The number of hydrogen-bond acceptors (Lipinski definition) is 4. The summed E-state index contributed by atoms with van der Waals surface area (Å²) in [6.45, 7) is 0. The van der Waals surface area contributed by atoms with Crippen LogP contribution in [0.2, 0.25) is 0 Å². The van der Waals surface area contributed by atoms with Crippen LogP contribution >= 0.6 is 27.3 Å². The summed E-state index contributed by atoms with van der Waals surface area (Å²) in [6.07, 6.45) is 3.92. The summed E-state index contributed by atoms with van der Waals surface area (Å²) in [5, 5.41) is 3.39. The quantitative estimate of drug-likeness (QED) is 0.807. The van der Waals surface area contributed by atoms with Crippen molar-refractivity contribution >= 4 is 44.1 Å². The lowest BCUT2D eigenvalue weighted by Gasteiger charge is -2.11. The zero-order chi connectivity index (χ0) is 17.3. The third-order valence-electron chi connectivity index (χ3n) is 4.06. The number of amides is 2. The molecule has 1 heterocycles. The molecule has 0 radical (unpaired) electrons. The second kappa shape index (κ2) is 6.94. The Hall–Kier alpha value is -1.86. The topological polar surface area (TPSA) is 81.4 Å². The van der Waals surface area contributed by atoms with Crippen molar-refractivity contribution in [3.63, 3.8) is 0 Å². The van der Waals surface area contributed by atoms with Crippen LogP contribution in [0.5, 0.6) is 5.75 Å². The molecule has 2 amide bonds. The molecule has 3 rings (SSSR count). The number of halogens is 1. The van der Waals surface area contributed by atoms with E-state index in [2.05, 4.69) is 21.2 Å². The number of ether oxygens (including phenoxy) is 1. The smallest absolute Gasteiger partial charge is 0.256 e. The highest BCUT2D eigenvalue weighted by Crippen LogP contribution is 2.38. The van der Waals surface area contributed by atoms with Gasteiger partial charge in [0.05, 0.1) is 17.1 Å². The summed E-state index contributed by atoms with van der Waals surface area (Å²) in [4.78, 5) is 25.6. The maximum Gasteiger partial charge on any atom is 0.256 e. The average Bonchev–Trinajstić information content (AvgIpc) is 2.92. The van der Waals surface area contributed by atoms with Crippen LogP contribution in [0, 0.1) is 0 Å². The van der Waals surface area contributed by atoms with Crippen LogP contribution in [0.25, 0.3) is 0 Å². The minimum Gasteiger partial charge on any atom is -0.496 e. The second-order valence-corrected chi connectivity index (χ2v) is 7.54. The number of carbonyl (C=O) groups excluding carboxylic acids is 2. The summed E-state index contributed by atoms with van der Waals surface area (Å²) in [7, 11) is 1.56. The molecule has 0 saturated heterocycles. The lowest BCUT2D eigenvalue weighted by atomic mass is 9.95. The Morgan fingerprint density at radius 3 is 2.71 bits per heavy atom. The Morgan fingerprint density at radius 2 is 2.04 bits per heavy atom. The van der Waals surface area contributed by atoms with Crippen molar-refractivity contribution < 1.29 is 14.3 Å². The van der Waals surface area contributed by atoms with Crippen LogP contribution in [-0.4, -0.2) is 18.9 Å². The predicted octanol–water partition coefficient (Wildman–Crippen LogP) is 3.75. The number of rotatable bonds is 4. The van der Waals surface area contributed by atoms with E-state index in [1.807, 2.05) is 0 Å². The van der Waals surface area contributed by atoms with E-state index in [4.69, 9.17) is 10.5 Å². The first-order valence-corrected chi connectivity index (χ1v) is 9.21. The molecule has 2 aromatic rings. The van der Waals surface area contributed by atoms with Crippen LogP contribution in [0.1, 0.15) is 44.0 Å². The van der Waals surface area contributed by atoms with E-state index < -0.39 is 5.91 Å². The van der Waals surface area contributed by atoms with Crippen LogP contribution in [0.4, 0.5) is 5.00 Å². The number of aryl methyl sites for hydroxylation is 1. The standard InChI is InChI=1S/C17H17BrN2O3S/c1-23-12-7-6-9(8-11(12)18)16(22)20-17-14(15(19)21)10-4-2-3-5-13(10)24-17/h6-8H,2-5H2,1H3,(H2,19,21)(H,20,22). The molecule has 0 unspecified atom stereocenters. The van der Waals surface area contributed by atoms with Gasteiger partial charge in [0, 0.05) is 10.4 Å². The van der Waals surface area contributed by atoms with Gasteiger partial charge in [0.1, 0.15) is 10.8 Å². The van der Waals surface area contributed by atoms with E-state index in [0.29, 0.717) is 26.4 Å². The number of methoxy groups -OCH3 is 1. The van der Waals surface area contributed by atoms with E-state index in [1.54, 1.807) is 25.3 Å². The Bertz CT molecular complexity index is 816. The van der Waals surface area contributed by atoms with Gasteiger partial charge < -0.3 is 15.8 Å². The van der Waals surface area contributed by atoms with Crippen LogP contribution in [0.3, 0.4) is 0 Å². The van der Waals surface area contributed by atoms with Crippen molar-refractivity contribution in [3.05, 3.63) is 44.2 Å². The molecule has 1 aromatic heterocycles. The Morgan fingerprint density at radius 1 is 1.29 bits per heavy atom. The van der Waals surface area contributed by atoms with Gasteiger partial charge in [0.2, 0.25) is 0 Å². The first-order valence-electron chi connectivity index (χ1n) is 7.60. The number of hydrogen-bond donors (Lipinski definition) is 2. The van der Waals surface area contributed by atoms with Crippen molar-refractivity contribution in [2.75, 3.05) is 12.4 Å². The Balaban J connectivity index is 1.90. The highest BCUT2D eigenvalue weighted by Gasteiger charge is 2.25. The lowest BCUT2D eigenvalue weighted by Crippen LogP contribution is -2.18. The Labute approximate surface area is 152 Å². The monoisotopic (exact) mass is 408 g/mol. The highest BCUT2D eigenvalue weighted by molar-refractivity contribution is 9.10. The number of thiophene rings is 1. The number of primary amides is 1. The molecule has 0 aliphatic heterocycles. The molecule has 0 spiro atoms. The van der Waals surface area contributed by atoms with Crippen molar-refractivity contribution in [3.8, 4) is 5.75 Å². The van der Waals surface area contributed by atoms with Gasteiger partial charge in [-0.25, -0.2) is 0 Å². The fourth-order valence-corrected chi connectivity index (χ4v) is 4.73. The van der Waals surface area contributed by atoms with Gasteiger partial charge in [-0.15, -0.1) is 11.3 Å². The minimum absolute atomic E-state index is 0.278. The molecule has 126 valence electrons. The number of benzene rings is 1. The summed E-state index contributed by atoms with van der Waals surface area (Å²) >= 11 is 4.82. The van der Waals surface area contributed by atoms with E-state index >= 15 is 0 Å². The zero-order valence-corrected chi connectivity index (χ0v) is 15.6. The summed E-state index contributed by atoms with van der Waals surface area (Å²) < 4.78 is 5.86. The minimum atomic E-state index is -0.486. The molecule has 0 fully saturated rings. The second-order valence-electron chi connectivity index (χ2n) is 5.58. The summed E-state index contributed by atoms with van der Waals surface area (Å²) in [5.74, 6) is -0.115. The molecule has 1 aromatic carbocycles. The largest absolute Gasteiger partial charge is 0.496 e. The first-order chi connectivity index (χ1) is 11.5. The van der Waals surface area contributed by atoms with Gasteiger partial charge in [-0.2, -0.15) is 0 Å². The number of anilines is 1. The van der Waals surface area contributed by atoms with Crippen LogP contribution in [-0.2, 0) is 12.8 Å². The first kappa shape index (κ1) is 17.0. The Kier molecular flexibility index (Phi) is 4.91. The van der Waals surface area contributed by atoms with Gasteiger partial charge in [0.25, 0.3) is 11.8 Å². The highest BCUT2D eigenvalue weighted by atomic mass is 79.9. The molecule has 0 saturated carbocycles. The van der Waals surface area contributed by atoms with Crippen molar-refractivity contribution in [1.82, 2.24) is 0 Å². The van der Waals surface area contributed by atoms with E-state index in [-0.39, 0.29) is 5.91 Å². The summed E-state index contributed by atoms with van der Waals surface area (Å²) in [5.41, 5.74) is 7.50. The number of nitrogens with two attached hydrogens (primary N) is 1. The predicted molar refractivity (Wildman–Crippen MR) is 98.1 cm³/mol. The van der Waals surface area contributed by atoms with Crippen molar-refractivity contribution in [2.24, 2.45) is 5.73 Å². The third-order valence-corrected chi connectivity index (χ3v) is 5.89. The van der Waals surface area contributed by atoms with Gasteiger partial charge in [-0.05, 0) is 65.4 Å². The molecule has 0 atom stereocenters. The summed E-state index contributed by atoms with van der Waals surface area (Å²) in [6, 6.07) is 5.08. The van der Waals surface area contributed by atoms with E-state index in [9.17, 15) is 9.59 Å². The van der Waals surface area contributed by atoms with E-state index in [0.717, 1.165) is 36.1 Å². The van der Waals surface area contributed by atoms with Gasteiger partial charge >= 0.3 is 0 Å². The third kappa shape index (κ3) is 3.18. The number of fused-ring (bicyclic) bond motifs is 1. The fourth-order valence-electron chi connectivity index (χ4n) is 2.90. The van der Waals surface area contributed by atoms with Crippen molar-refractivity contribution in [2.45, 2.75) is 25.7 Å². The number of nitrogens with one attached hydrogen (secondary N) is 1. The maximum absolute atomic E-state index is 12.5. The fraction of sp³-hybridized carbons (Fsp3) is 0.294. The lowest BCUT2D eigenvalue weighted by molar-refractivity contribution is 0.100. The molecule has 5 nitrogen and oxygen atoms in total. The molecule has 0 bridgehead atoms. The SMILES string of the molecule is COc1ccc(C(=O)Nc2sc3c(c2C(N)=O)CCCC3)cc1Br. The van der Waals surface area contributed by atoms with Gasteiger partial charge in [-0.3, -0.25) is 9.59 Å². The number of carbonyl (C=O) groups is 2. The molecular weight excluding hydrogens is 392 g/mol. The normalized spacial score (nSPS) is 13.2. The van der Waals surface area contributed by atoms with E-state index in [1.165, 1.54) is 11.3 Å². The zero-order valence-electron chi connectivity index (χ0n) is 13.1. The molecule has 24 heavy (non-hydrogen) atoms. The molecular formula is C17H17BrN2O3S. The van der Waals surface area contributed by atoms with Crippen molar-refractivity contribution in [1.29, 1.82) is 0 Å². The molecule has 1 aliphatic carbocycles. The van der Waals surface area contributed by atoms with Crippen LogP contribution in [0.15, 0.2) is 22.7 Å². The van der Waals surface area contributed by atoms with Crippen LogP contribution < -0.4 is 15.8 Å². The molecule has 1 aliphatic rings. The maximum atomic E-state index is 12.5. The molecule has 7 heteroatoms. The average molecular weight is 409 g/mol. The van der Waals surface area contributed by atoms with Gasteiger partial charge in [0.15, 0.2) is 0 Å².